The molecule has 1 aromatic heterocycles. The lowest BCUT2D eigenvalue weighted by molar-refractivity contribution is -0.121. The Bertz CT molecular complexity index is 896. The maximum Gasteiger partial charge on any atom is 0.282 e. The van der Waals surface area contributed by atoms with Crippen LogP contribution in [-0.4, -0.2) is 43.0 Å². The van der Waals surface area contributed by atoms with E-state index in [4.69, 9.17) is 4.74 Å². The predicted octanol–water partition coefficient (Wildman–Crippen LogP) is 2.98. The van der Waals surface area contributed by atoms with Crippen molar-refractivity contribution in [2.75, 3.05) is 31.2 Å². The number of carbonyl (C=O) groups is 2. The number of thiophene rings is 1. The average molecular weight is 368 g/mol. The van der Waals surface area contributed by atoms with Crippen molar-refractivity contribution in [2.45, 2.75) is 13.8 Å². The zero-order chi connectivity index (χ0) is 18.3. The standard InChI is InChI=1S/C20H20N2O3S/c1-13-5-6-15(12-14(13)2)22-19(23)17(16-4-3-11-26-16)18(20(22)24)21-7-9-25-10-8-21/h3-6,11-12H,7-10H2,1-2H3. The second kappa shape index (κ2) is 6.70. The van der Waals surface area contributed by atoms with Gasteiger partial charge in [0.05, 0.1) is 24.5 Å². The average Bonchev–Trinajstić information content (AvgIpc) is 3.25. The van der Waals surface area contributed by atoms with Crippen molar-refractivity contribution in [3.8, 4) is 0 Å². The molecular weight excluding hydrogens is 348 g/mol. The Balaban J connectivity index is 1.81. The van der Waals surface area contributed by atoms with Crippen molar-refractivity contribution in [3.05, 3.63) is 57.4 Å². The van der Waals surface area contributed by atoms with Gasteiger partial charge in [0.25, 0.3) is 11.8 Å². The first-order valence-corrected chi connectivity index (χ1v) is 9.53. The SMILES string of the molecule is Cc1ccc(N2C(=O)C(c3cccs3)=C(N3CCOCC3)C2=O)cc1C. The summed E-state index contributed by atoms with van der Waals surface area (Å²) in [5.74, 6) is -0.495. The summed E-state index contributed by atoms with van der Waals surface area (Å²) < 4.78 is 5.42. The van der Waals surface area contributed by atoms with Crippen LogP contribution in [0.2, 0.25) is 0 Å². The molecule has 4 rings (SSSR count). The molecule has 134 valence electrons. The molecule has 1 fully saturated rings. The normalized spacial score (nSPS) is 18.2. The minimum Gasteiger partial charge on any atom is -0.378 e. The van der Waals surface area contributed by atoms with E-state index in [0.717, 1.165) is 16.0 Å². The van der Waals surface area contributed by atoms with E-state index >= 15 is 0 Å². The first-order valence-electron chi connectivity index (χ1n) is 8.65. The molecule has 0 atom stereocenters. The summed E-state index contributed by atoms with van der Waals surface area (Å²) >= 11 is 1.48. The number of amides is 2. The third-order valence-electron chi connectivity index (χ3n) is 4.90. The van der Waals surface area contributed by atoms with Crippen molar-refractivity contribution >= 4 is 34.4 Å². The highest BCUT2D eigenvalue weighted by Crippen LogP contribution is 2.37. The fourth-order valence-electron chi connectivity index (χ4n) is 3.34. The molecule has 3 heterocycles. The maximum absolute atomic E-state index is 13.3. The molecule has 5 nitrogen and oxygen atoms in total. The van der Waals surface area contributed by atoms with Crippen LogP contribution in [0.4, 0.5) is 5.69 Å². The predicted molar refractivity (Wildman–Crippen MR) is 102 cm³/mol. The van der Waals surface area contributed by atoms with Crippen molar-refractivity contribution in [1.29, 1.82) is 0 Å². The van der Waals surface area contributed by atoms with E-state index in [1.165, 1.54) is 16.2 Å². The van der Waals surface area contributed by atoms with Gasteiger partial charge in [-0.25, -0.2) is 4.90 Å². The van der Waals surface area contributed by atoms with Crippen LogP contribution in [0, 0.1) is 13.8 Å². The molecule has 0 N–H and O–H groups in total. The number of aryl methyl sites for hydroxylation is 2. The first kappa shape index (κ1) is 17.0. The lowest BCUT2D eigenvalue weighted by atomic mass is 10.1. The number of carbonyl (C=O) groups excluding carboxylic acids is 2. The Morgan fingerprint density at radius 3 is 2.42 bits per heavy atom. The number of anilines is 1. The lowest BCUT2D eigenvalue weighted by Gasteiger charge is -2.29. The molecule has 1 saturated heterocycles. The van der Waals surface area contributed by atoms with Crippen LogP contribution in [0.3, 0.4) is 0 Å². The molecular formula is C20H20N2O3S. The van der Waals surface area contributed by atoms with Crippen LogP contribution in [0.15, 0.2) is 41.4 Å². The maximum atomic E-state index is 13.3. The molecule has 0 radical (unpaired) electrons. The van der Waals surface area contributed by atoms with Gasteiger partial charge >= 0.3 is 0 Å². The van der Waals surface area contributed by atoms with Gasteiger partial charge in [0, 0.05) is 18.0 Å². The van der Waals surface area contributed by atoms with Crippen LogP contribution in [0.5, 0.6) is 0 Å². The second-order valence-electron chi connectivity index (χ2n) is 6.51. The third kappa shape index (κ3) is 2.75. The molecule has 0 unspecified atom stereocenters. The van der Waals surface area contributed by atoms with Crippen LogP contribution >= 0.6 is 11.3 Å². The Morgan fingerprint density at radius 1 is 1.00 bits per heavy atom. The fraction of sp³-hybridized carbons (Fsp3) is 0.300. The molecule has 0 aliphatic carbocycles. The zero-order valence-corrected chi connectivity index (χ0v) is 15.6. The quantitative estimate of drug-likeness (QED) is 0.782. The Hall–Kier alpha value is -2.44. The summed E-state index contributed by atoms with van der Waals surface area (Å²) in [4.78, 5) is 30.7. The molecule has 2 aliphatic rings. The van der Waals surface area contributed by atoms with Crippen LogP contribution in [0.1, 0.15) is 16.0 Å². The van der Waals surface area contributed by atoms with E-state index in [9.17, 15) is 9.59 Å². The number of ether oxygens (including phenoxy) is 1. The molecule has 2 aliphatic heterocycles. The zero-order valence-electron chi connectivity index (χ0n) is 14.8. The number of benzene rings is 1. The fourth-order valence-corrected chi connectivity index (χ4v) is 4.10. The summed E-state index contributed by atoms with van der Waals surface area (Å²) in [6.07, 6.45) is 0. The molecule has 0 bridgehead atoms. The van der Waals surface area contributed by atoms with Gasteiger partial charge in [-0.15, -0.1) is 11.3 Å². The topological polar surface area (TPSA) is 49.9 Å². The molecule has 0 spiro atoms. The highest BCUT2D eigenvalue weighted by atomic mass is 32.1. The minimum absolute atomic E-state index is 0.247. The summed E-state index contributed by atoms with van der Waals surface area (Å²) in [5, 5.41) is 1.93. The first-order chi connectivity index (χ1) is 12.6. The van der Waals surface area contributed by atoms with Gasteiger partial charge < -0.3 is 9.64 Å². The van der Waals surface area contributed by atoms with E-state index < -0.39 is 0 Å². The number of hydrogen-bond donors (Lipinski definition) is 0. The van der Waals surface area contributed by atoms with E-state index in [1.807, 2.05) is 54.5 Å². The second-order valence-corrected chi connectivity index (χ2v) is 7.46. The molecule has 26 heavy (non-hydrogen) atoms. The number of rotatable bonds is 3. The van der Waals surface area contributed by atoms with E-state index in [0.29, 0.717) is 43.3 Å². The number of nitrogens with zero attached hydrogens (tertiary/aromatic N) is 2. The molecule has 2 aromatic rings. The van der Waals surface area contributed by atoms with Gasteiger partial charge in [-0.05, 0) is 48.6 Å². The Morgan fingerprint density at radius 2 is 1.77 bits per heavy atom. The lowest BCUT2D eigenvalue weighted by Crippen LogP contribution is -2.40. The van der Waals surface area contributed by atoms with Crippen LogP contribution in [-0.2, 0) is 14.3 Å². The Kier molecular flexibility index (Phi) is 4.38. The van der Waals surface area contributed by atoms with Crippen LogP contribution in [0.25, 0.3) is 5.57 Å². The van der Waals surface area contributed by atoms with Gasteiger partial charge in [-0.3, -0.25) is 9.59 Å². The molecule has 6 heteroatoms. The van der Waals surface area contributed by atoms with Crippen molar-refractivity contribution in [2.24, 2.45) is 0 Å². The summed E-state index contributed by atoms with van der Waals surface area (Å²) in [7, 11) is 0. The van der Waals surface area contributed by atoms with E-state index in [2.05, 4.69) is 0 Å². The minimum atomic E-state index is -0.248. The van der Waals surface area contributed by atoms with Crippen molar-refractivity contribution in [1.82, 2.24) is 4.90 Å². The van der Waals surface area contributed by atoms with Gasteiger partial charge in [0.15, 0.2) is 0 Å². The monoisotopic (exact) mass is 368 g/mol. The number of imide groups is 1. The largest absolute Gasteiger partial charge is 0.378 e. The van der Waals surface area contributed by atoms with Gasteiger partial charge in [0.2, 0.25) is 0 Å². The number of morpholine rings is 1. The van der Waals surface area contributed by atoms with Crippen molar-refractivity contribution < 1.29 is 14.3 Å². The third-order valence-corrected chi connectivity index (χ3v) is 5.79. The van der Waals surface area contributed by atoms with E-state index in [1.54, 1.807) is 0 Å². The highest BCUT2D eigenvalue weighted by molar-refractivity contribution is 7.11. The molecule has 0 saturated carbocycles. The Labute approximate surface area is 156 Å². The van der Waals surface area contributed by atoms with E-state index in [-0.39, 0.29) is 11.8 Å². The van der Waals surface area contributed by atoms with Gasteiger partial charge in [-0.2, -0.15) is 0 Å². The van der Waals surface area contributed by atoms with Crippen molar-refractivity contribution in [3.63, 3.8) is 0 Å². The van der Waals surface area contributed by atoms with Gasteiger partial charge in [-0.1, -0.05) is 12.1 Å². The van der Waals surface area contributed by atoms with Gasteiger partial charge in [0.1, 0.15) is 5.70 Å². The highest BCUT2D eigenvalue weighted by Gasteiger charge is 2.43. The summed E-state index contributed by atoms with van der Waals surface area (Å²) in [6, 6.07) is 9.49. The smallest absolute Gasteiger partial charge is 0.282 e. The number of hydrogen-bond acceptors (Lipinski definition) is 5. The van der Waals surface area contributed by atoms with Crippen LogP contribution < -0.4 is 4.90 Å². The molecule has 2 amide bonds. The summed E-state index contributed by atoms with van der Waals surface area (Å²) in [6.45, 7) is 6.36. The summed E-state index contributed by atoms with van der Waals surface area (Å²) in [5.41, 5.74) is 3.82. The molecule has 1 aromatic carbocycles.